The maximum atomic E-state index is 5.75. The second-order valence-electron chi connectivity index (χ2n) is 6.81. The van der Waals surface area contributed by atoms with Crippen molar-refractivity contribution >= 4 is 0 Å². The normalized spacial score (nSPS) is 16.6. The monoisotopic (exact) mass is 330 g/mol. The maximum absolute atomic E-state index is 5.75. The van der Waals surface area contributed by atoms with E-state index < -0.39 is 0 Å². The van der Waals surface area contributed by atoms with Crippen LogP contribution in [0.2, 0.25) is 0 Å². The Balaban J connectivity index is 1.45. The van der Waals surface area contributed by atoms with Gasteiger partial charge in [0.25, 0.3) is 0 Å². The fraction of sp³-hybridized carbons (Fsp3) is 0.636. The summed E-state index contributed by atoms with van der Waals surface area (Å²) in [6.07, 6.45) is 18.1. The van der Waals surface area contributed by atoms with Crippen LogP contribution in [0, 0.1) is 0 Å². The molecule has 24 heavy (non-hydrogen) atoms. The quantitative estimate of drug-likeness (QED) is 0.234. The molecule has 134 valence electrons. The Hall–Kier alpha value is -1.28. The molecule has 0 aromatic heterocycles. The van der Waals surface area contributed by atoms with Crippen molar-refractivity contribution in [2.75, 3.05) is 13.2 Å². The Bertz CT molecular complexity index is 463. The Morgan fingerprint density at radius 2 is 1.79 bits per heavy atom. The van der Waals surface area contributed by atoms with Gasteiger partial charge < -0.3 is 9.47 Å². The molecule has 1 aliphatic rings. The summed E-state index contributed by atoms with van der Waals surface area (Å²) in [6.45, 7) is 3.75. The standard InChI is InChI=1S/C22H34O2/c1-2-3-4-5-6-7-8-9-10-11-12-14-20-15-13-16-21(17-20)23-18-22-19-24-22/h3-4,13,15-17,22H,2,5-12,14,18-19H2,1H3/b4-3+. The minimum Gasteiger partial charge on any atom is -0.491 e. The molecular formula is C22H34O2. The van der Waals surface area contributed by atoms with E-state index >= 15 is 0 Å². The fourth-order valence-corrected chi connectivity index (χ4v) is 2.90. The van der Waals surface area contributed by atoms with E-state index in [1.165, 1.54) is 69.8 Å². The molecule has 1 aliphatic heterocycles. The molecule has 2 nitrogen and oxygen atoms in total. The van der Waals surface area contributed by atoms with Gasteiger partial charge in [0, 0.05) is 0 Å². The van der Waals surface area contributed by atoms with Gasteiger partial charge >= 0.3 is 0 Å². The number of ether oxygens (including phenoxy) is 2. The van der Waals surface area contributed by atoms with Crippen molar-refractivity contribution in [2.24, 2.45) is 0 Å². The molecule has 1 atom stereocenters. The average Bonchev–Trinajstić information content (AvgIpc) is 3.43. The molecule has 0 radical (unpaired) electrons. The first kappa shape index (κ1) is 19.1. The molecule has 0 spiro atoms. The number of benzene rings is 1. The largest absolute Gasteiger partial charge is 0.491 e. The van der Waals surface area contributed by atoms with Gasteiger partial charge in [-0.2, -0.15) is 0 Å². The van der Waals surface area contributed by atoms with Gasteiger partial charge in [-0.15, -0.1) is 0 Å². The first-order chi connectivity index (χ1) is 11.9. The van der Waals surface area contributed by atoms with E-state index in [1.807, 2.05) is 6.07 Å². The van der Waals surface area contributed by atoms with Crippen LogP contribution in [0.4, 0.5) is 0 Å². The predicted molar refractivity (Wildman–Crippen MR) is 102 cm³/mol. The van der Waals surface area contributed by atoms with Crippen LogP contribution in [0.1, 0.15) is 70.3 Å². The lowest BCUT2D eigenvalue weighted by atomic mass is 10.0. The van der Waals surface area contributed by atoms with E-state index in [-0.39, 0.29) is 0 Å². The number of epoxide rings is 1. The van der Waals surface area contributed by atoms with Gasteiger partial charge in [0.2, 0.25) is 0 Å². The molecule has 0 saturated carbocycles. The van der Waals surface area contributed by atoms with Gasteiger partial charge in [0.05, 0.1) is 6.61 Å². The Labute approximate surface area is 148 Å². The fourth-order valence-electron chi connectivity index (χ4n) is 2.90. The van der Waals surface area contributed by atoms with Gasteiger partial charge in [0.1, 0.15) is 18.5 Å². The zero-order chi connectivity index (χ0) is 16.9. The number of hydrogen-bond acceptors (Lipinski definition) is 2. The first-order valence-corrected chi connectivity index (χ1v) is 9.87. The maximum Gasteiger partial charge on any atom is 0.119 e. The molecule has 0 amide bonds. The lowest BCUT2D eigenvalue weighted by molar-refractivity contribution is 0.263. The summed E-state index contributed by atoms with van der Waals surface area (Å²) in [5, 5.41) is 0. The van der Waals surface area contributed by atoms with Crippen LogP contribution in [-0.2, 0) is 11.2 Å². The Morgan fingerprint density at radius 3 is 2.54 bits per heavy atom. The van der Waals surface area contributed by atoms with Crippen molar-refractivity contribution in [3.63, 3.8) is 0 Å². The summed E-state index contributed by atoms with van der Waals surface area (Å²) in [5.74, 6) is 0.986. The van der Waals surface area contributed by atoms with E-state index in [9.17, 15) is 0 Å². The molecule has 1 heterocycles. The van der Waals surface area contributed by atoms with Crippen LogP contribution in [0.25, 0.3) is 0 Å². The van der Waals surface area contributed by atoms with E-state index in [0.717, 1.165) is 12.4 Å². The molecule has 2 rings (SSSR count). The third kappa shape index (κ3) is 9.12. The van der Waals surface area contributed by atoms with E-state index in [1.54, 1.807) is 0 Å². The third-order valence-corrected chi connectivity index (χ3v) is 4.48. The first-order valence-electron chi connectivity index (χ1n) is 9.87. The predicted octanol–water partition coefficient (Wildman–Crippen LogP) is 6.09. The van der Waals surface area contributed by atoms with Gasteiger partial charge in [-0.3, -0.25) is 0 Å². The number of allylic oxidation sites excluding steroid dienone is 2. The van der Waals surface area contributed by atoms with Crippen molar-refractivity contribution in [3.8, 4) is 5.75 Å². The summed E-state index contributed by atoms with van der Waals surface area (Å²) in [4.78, 5) is 0. The highest BCUT2D eigenvalue weighted by atomic mass is 16.6. The van der Waals surface area contributed by atoms with E-state index in [4.69, 9.17) is 9.47 Å². The number of unbranched alkanes of at least 4 members (excludes halogenated alkanes) is 7. The third-order valence-electron chi connectivity index (χ3n) is 4.48. The van der Waals surface area contributed by atoms with Crippen LogP contribution in [0.15, 0.2) is 36.4 Å². The summed E-state index contributed by atoms with van der Waals surface area (Å²) in [7, 11) is 0. The Kier molecular flexibility index (Phi) is 9.63. The van der Waals surface area contributed by atoms with Crippen molar-refractivity contribution in [1.82, 2.24) is 0 Å². The number of rotatable bonds is 14. The van der Waals surface area contributed by atoms with Crippen molar-refractivity contribution < 1.29 is 9.47 Å². The van der Waals surface area contributed by atoms with Crippen molar-refractivity contribution in [2.45, 2.75) is 77.2 Å². The smallest absolute Gasteiger partial charge is 0.119 e. The zero-order valence-corrected chi connectivity index (χ0v) is 15.3. The summed E-state index contributed by atoms with van der Waals surface area (Å²) >= 11 is 0. The summed E-state index contributed by atoms with van der Waals surface area (Å²) in [6, 6.07) is 8.55. The summed E-state index contributed by atoms with van der Waals surface area (Å²) < 4.78 is 10.9. The molecule has 0 bridgehead atoms. The van der Waals surface area contributed by atoms with E-state index in [0.29, 0.717) is 12.7 Å². The van der Waals surface area contributed by atoms with Crippen LogP contribution in [-0.4, -0.2) is 19.3 Å². The molecule has 0 N–H and O–H groups in total. The second kappa shape index (κ2) is 12.1. The average molecular weight is 331 g/mol. The highest BCUT2D eigenvalue weighted by molar-refractivity contribution is 5.28. The second-order valence-corrected chi connectivity index (χ2v) is 6.81. The van der Waals surface area contributed by atoms with Gasteiger partial charge in [-0.25, -0.2) is 0 Å². The van der Waals surface area contributed by atoms with Crippen molar-refractivity contribution in [1.29, 1.82) is 0 Å². The van der Waals surface area contributed by atoms with Crippen LogP contribution in [0.5, 0.6) is 5.75 Å². The van der Waals surface area contributed by atoms with Crippen LogP contribution < -0.4 is 4.74 Å². The van der Waals surface area contributed by atoms with Gasteiger partial charge in [0.15, 0.2) is 0 Å². The molecule has 2 heteroatoms. The molecular weight excluding hydrogens is 296 g/mol. The van der Waals surface area contributed by atoms with Gasteiger partial charge in [-0.05, 0) is 49.8 Å². The minimum atomic E-state index is 0.330. The lowest BCUT2D eigenvalue weighted by Gasteiger charge is -2.07. The minimum absolute atomic E-state index is 0.330. The molecule has 1 unspecified atom stereocenters. The highest BCUT2D eigenvalue weighted by Gasteiger charge is 2.22. The topological polar surface area (TPSA) is 21.8 Å². The van der Waals surface area contributed by atoms with E-state index in [2.05, 4.69) is 37.3 Å². The molecule has 1 aromatic rings. The molecule has 1 aromatic carbocycles. The molecule has 0 aliphatic carbocycles. The highest BCUT2D eigenvalue weighted by Crippen LogP contribution is 2.18. The SMILES string of the molecule is CC/C=C/CCCCCCCCCc1cccc(OCC2CO2)c1. The Morgan fingerprint density at radius 1 is 1.04 bits per heavy atom. The lowest BCUT2D eigenvalue weighted by Crippen LogP contribution is -2.04. The molecule has 1 fully saturated rings. The summed E-state index contributed by atoms with van der Waals surface area (Å²) in [5.41, 5.74) is 1.40. The van der Waals surface area contributed by atoms with Crippen LogP contribution in [0.3, 0.4) is 0 Å². The van der Waals surface area contributed by atoms with Crippen LogP contribution >= 0.6 is 0 Å². The van der Waals surface area contributed by atoms with Crippen molar-refractivity contribution in [3.05, 3.63) is 42.0 Å². The molecule has 1 saturated heterocycles. The number of hydrogen-bond donors (Lipinski definition) is 0. The van der Waals surface area contributed by atoms with Gasteiger partial charge in [-0.1, -0.05) is 63.3 Å². The zero-order valence-electron chi connectivity index (χ0n) is 15.3. The number of aryl methyl sites for hydroxylation is 1.